The monoisotopic (exact) mass is 260 g/mol. The molecule has 2 amide bonds. The van der Waals surface area contributed by atoms with E-state index >= 15 is 0 Å². The highest BCUT2D eigenvalue weighted by Gasteiger charge is 2.25. The summed E-state index contributed by atoms with van der Waals surface area (Å²) >= 11 is 1.33. The van der Waals surface area contributed by atoms with Gasteiger partial charge >= 0.3 is 0 Å². The first-order valence-electron chi connectivity index (χ1n) is 5.83. The first-order chi connectivity index (χ1) is 8.72. The maximum atomic E-state index is 11.8. The number of rotatable bonds is 2. The first kappa shape index (κ1) is 11.3. The molecule has 1 aliphatic heterocycles. The van der Waals surface area contributed by atoms with Crippen LogP contribution in [0.1, 0.15) is 12.8 Å². The summed E-state index contributed by atoms with van der Waals surface area (Å²) in [5.41, 5.74) is 0.798. The van der Waals surface area contributed by atoms with E-state index in [0.29, 0.717) is 10.9 Å². The quantitative estimate of drug-likeness (QED) is 0.798. The van der Waals surface area contributed by atoms with Crippen molar-refractivity contribution in [2.75, 3.05) is 5.32 Å². The largest absolute Gasteiger partial charge is 0.350 e. The molecule has 1 heterocycles. The topological polar surface area (TPSA) is 58.2 Å². The summed E-state index contributed by atoms with van der Waals surface area (Å²) in [7, 11) is 0. The van der Waals surface area contributed by atoms with E-state index in [9.17, 15) is 9.59 Å². The third kappa shape index (κ3) is 2.41. The summed E-state index contributed by atoms with van der Waals surface area (Å²) in [4.78, 5) is 24.8. The Hall–Kier alpha value is -1.75. The predicted molar refractivity (Wildman–Crippen MR) is 70.2 cm³/mol. The van der Waals surface area contributed by atoms with Crippen molar-refractivity contribution in [3.05, 3.63) is 35.2 Å². The number of para-hydroxylation sites is 1. The average molecular weight is 260 g/mol. The van der Waals surface area contributed by atoms with Gasteiger partial charge in [-0.3, -0.25) is 9.59 Å². The Kier molecular flexibility index (Phi) is 2.83. The minimum absolute atomic E-state index is 0.186. The average Bonchev–Trinajstić information content (AvgIpc) is 3.14. The van der Waals surface area contributed by atoms with E-state index in [2.05, 4.69) is 10.6 Å². The summed E-state index contributed by atoms with van der Waals surface area (Å²) in [6, 6.07) is 7.85. The second kappa shape index (κ2) is 4.49. The molecule has 0 aromatic heterocycles. The van der Waals surface area contributed by atoms with Crippen molar-refractivity contribution >= 4 is 29.3 Å². The predicted octanol–water partition coefficient (Wildman–Crippen LogP) is 1.89. The van der Waals surface area contributed by atoms with Crippen molar-refractivity contribution in [2.24, 2.45) is 0 Å². The fourth-order valence-electron chi connectivity index (χ4n) is 1.69. The molecule has 2 aliphatic rings. The van der Waals surface area contributed by atoms with Gasteiger partial charge in [0.15, 0.2) is 0 Å². The van der Waals surface area contributed by atoms with Crippen LogP contribution in [-0.4, -0.2) is 17.9 Å². The highest BCUT2D eigenvalue weighted by Crippen LogP contribution is 2.37. The fourth-order valence-corrected chi connectivity index (χ4v) is 2.61. The Morgan fingerprint density at radius 1 is 1.39 bits per heavy atom. The minimum Gasteiger partial charge on any atom is -0.350 e. The number of anilines is 1. The summed E-state index contributed by atoms with van der Waals surface area (Å²) in [6.07, 6.45) is 3.46. The SMILES string of the molecule is O=C(C=C1Sc2ccccc2NC1=O)NC1CC1. The molecular formula is C13H12N2O2S. The smallest absolute Gasteiger partial charge is 0.262 e. The number of hydrogen-bond donors (Lipinski definition) is 2. The van der Waals surface area contributed by atoms with Crippen LogP contribution in [0.15, 0.2) is 40.1 Å². The molecule has 1 fully saturated rings. The molecule has 0 unspecified atom stereocenters. The molecule has 1 aromatic carbocycles. The maximum absolute atomic E-state index is 11.8. The van der Waals surface area contributed by atoms with Crippen LogP contribution in [0.3, 0.4) is 0 Å². The third-order valence-corrected chi connectivity index (χ3v) is 3.86. The highest BCUT2D eigenvalue weighted by molar-refractivity contribution is 8.04. The van der Waals surface area contributed by atoms with Crippen LogP contribution >= 0.6 is 11.8 Å². The van der Waals surface area contributed by atoms with Gasteiger partial charge in [0, 0.05) is 17.0 Å². The molecule has 92 valence electrons. The van der Waals surface area contributed by atoms with Gasteiger partial charge in [0.1, 0.15) is 0 Å². The summed E-state index contributed by atoms with van der Waals surface area (Å²) in [5, 5.41) is 5.61. The number of amides is 2. The van der Waals surface area contributed by atoms with Gasteiger partial charge in [0.2, 0.25) is 5.91 Å². The zero-order chi connectivity index (χ0) is 12.5. The van der Waals surface area contributed by atoms with Gasteiger partial charge in [-0.1, -0.05) is 23.9 Å². The van der Waals surface area contributed by atoms with Crippen LogP contribution in [0.25, 0.3) is 0 Å². The van der Waals surface area contributed by atoms with Crippen LogP contribution in [-0.2, 0) is 9.59 Å². The zero-order valence-corrected chi connectivity index (χ0v) is 10.4. The van der Waals surface area contributed by atoms with Crippen LogP contribution < -0.4 is 10.6 Å². The van der Waals surface area contributed by atoms with Gasteiger partial charge in [-0.05, 0) is 25.0 Å². The van der Waals surface area contributed by atoms with E-state index < -0.39 is 0 Å². The Morgan fingerprint density at radius 3 is 2.94 bits per heavy atom. The van der Waals surface area contributed by atoms with Gasteiger partial charge < -0.3 is 10.6 Å². The number of thioether (sulfide) groups is 1. The van der Waals surface area contributed by atoms with Crippen LogP contribution in [0.4, 0.5) is 5.69 Å². The Morgan fingerprint density at radius 2 is 2.17 bits per heavy atom. The molecule has 4 nitrogen and oxygen atoms in total. The van der Waals surface area contributed by atoms with E-state index in [1.165, 1.54) is 17.8 Å². The van der Waals surface area contributed by atoms with Crippen LogP contribution in [0.2, 0.25) is 0 Å². The molecule has 5 heteroatoms. The zero-order valence-electron chi connectivity index (χ0n) is 9.60. The standard InChI is InChI=1S/C13H12N2O2S/c16-12(14-8-5-6-8)7-11-13(17)15-9-3-1-2-4-10(9)18-11/h1-4,7-8H,5-6H2,(H,14,16)(H,15,17). The van der Waals surface area contributed by atoms with Crippen molar-refractivity contribution in [1.82, 2.24) is 5.32 Å². The highest BCUT2D eigenvalue weighted by atomic mass is 32.2. The van der Waals surface area contributed by atoms with Crippen molar-refractivity contribution in [3.8, 4) is 0 Å². The Labute approximate surface area is 109 Å². The second-order valence-corrected chi connectivity index (χ2v) is 5.43. The first-order valence-corrected chi connectivity index (χ1v) is 6.64. The molecule has 0 radical (unpaired) electrons. The van der Waals surface area contributed by atoms with Crippen molar-refractivity contribution in [1.29, 1.82) is 0 Å². The summed E-state index contributed by atoms with van der Waals surface area (Å²) in [5.74, 6) is -0.404. The molecule has 18 heavy (non-hydrogen) atoms. The Balaban J connectivity index is 1.79. The minimum atomic E-state index is -0.218. The molecule has 3 rings (SSSR count). The summed E-state index contributed by atoms with van der Waals surface area (Å²) in [6.45, 7) is 0. The number of carbonyl (C=O) groups excluding carboxylic acids is 2. The fraction of sp³-hybridized carbons (Fsp3) is 0.231. The number of benzene rings is 1. The molecule has 1 aliphatic carbocycles. The lowest BCUT2D eigenvalue weighted by molar-refractivity contribution is -0.117. The number of hydrogen-bond acceptors (Lipinski definition) is 3. The molecule has 1 saturated carbocycles. The molecule has 2 N–H and O–H groups in total. The number of carbonyl (C=O) groups is 2. The molecule has 0 atom stereocenters. The third-order valence-electron chi connectivity index (χ3n) is 2.76. The molecular weight excluding hydrogens is 248 g/mol. The summed E-state index contributed by atoms with van der Waals surface area (Å²) < 4.78 is 0. The van der Waals surface area contributed by atoms with Gasteiger partial charge in [0.25, 0.3) is 5.91 Å². The lowest BCUT2D eigenvalue weighted by atomic mass is 10.3. The van der Waals surface area contributed by atoms with E-state index in [1.54, 1.807) is 0 Å². The van der Waals surface area contributed by atoms with Gasteiger partial charge in [-0.15, -0.1) is 0 Å². The number of nitrogens with one attached hydrogen (secondary N) is 2. The number of fused-ring (bicyclic) bond motifs is 1. The molecule has 0 bridgehead atoms. The molecule has 0 saturated heterocycles. The van der Waals surface area contributed by atoms with Crippen LogP contribution in [0, 0.1) is 0 Å². The second-order valence-electron chi connectivity index (χ2n) is 4.34. The van der Waals surface area contributed by atoms with E-state index in [0.717, 1.165) is 23.4 Å². The Bertz CT molecular complexity index is 550. The molecule has 0 spiro atoms. The van der Waals surface area contributed by atoms with Gasteiger partial charge in [0.05, 0.1) is 10.6 Å². The molecule has 1 aromatic rings. The van der Waals surface area contributed by atoms with E-state index in [4.69, 9.17) is 0 Å². The van der Waals surface area contributed by atoms with Crippen LogP contribution in [0.5, 0.6) is 0 Å². The maximum Gasteiger partial charge on any atom is 0.262 e. The van der Waals surface area contributed by atoms with Crippen molar-refractivity contribution < 1.29 is 9.59 Å². The lowest BCUT2D eigenvalue weighted by Crippen LogP contribution is -2.25. The normalized spacial score (nSPS) is 20.2. The van der Waals surface area contributed by atoms with Gasteiger partial charge in [-0.25, -0.2) is 0 Å². The van der Waals surface area contributed by atoms with E-state index in [-0.39, 0.29) is 11.8 Å². The van der Waals surface area contributed by atoms with Gasteiger partial charge in [-0.2, -0.15) is 0 Å². The van der Waals surface area contributed by atoms with E-state index in [1.807, 2.05) is 24.3 Å². The van der Waals surface area contributed by atoms with Crippen molar-refractivity contribution in [3.63, 3.8) is 0 Å². The van der Waals surface area contributed by atoms with Crippen molar-refractivity contribution in [2.45, 2.75) is 23.8 Å². The lowest BCUT2D eigenvalue weighted by Gasteiger charge is -2.17.